The molecule has 1 saturated carbocycles. The molecule has 0 radical (unpaired) electrons. The summed E-state index contributed by atoms with van der Waals surface area (Å²) < 4.78 is 5.58. The lowest BCUT2D eigenvalue weighted by atomic mass is 10.2. The van der Waals surface area contributed by atoms with Gasteiger partial charge in [-0.15, -0.1) is 0 Å². The molecule has 1 aromatic carbocycles. The molecule has 1 aliphatic carbocycles. The molecule has 4 heteroatoms. The molecule has 19 heavy (non-hydrogen) atoms. The Kier molecular flexibility index (Phi) is 4.80. The van der Waals surface area contributed by atoms with Gasteiger partial charge in [-0.1, -0.05) is 25.0 Å². The molecule has 4 nitrogen and oxygen atoms in total. The predicted molar refractivity (Wildman–Crippen MR) is 72.8 cm³/mol. The second kappa shape index (κ2) is 6.57. The summed E-state index contributed by atoms with van der Waals surface area (Å²) in [6.45, 7) is 3.70. The minimum Gasteiger partial charge on any atom is -0.481 e. The van der Waals surface area contributed by atoms with E-state index >= 15 is 0 Å². The molecule has 0 heterocycles. The Morgan fingerprint density at radius 2 is 2.11 bits per heavy atom. The van der Waals surface area contributed by atoms with Crippen LogP contribution in [0.5, 0.6) is 5.75 Å². The Balaban J connectivity index is 1.78. The van der Waals surface area contributed by atoms with Crippen LogP contribution in [0, 0.1) is 6.92 Å². The monoisotopic (exact) mass is 263 g/mol. The van der Waals surface area contributed by atoms with Crippen molar-refractivity contribution in [3.8, 4) is 5.75 Å². The van der Waals surface area contributed by atoms with Crippen LogP contribution >= 0.6 is 0 Å². The molecule has 2 rings (SSSR count). The molecule has 1 aliphatic rings. The molecule has 0 saturated heterocycles. The zero-order valence-electron chi connectivity index (χ0n) is 11.5. The van der Waals surface area contributed by atoms with Crippen LogP contribution < -0.4 is 10.2 Å². The zero-order valence-corrected chi connectivity index (χ0v) is 11.5. The van der Waals surface area contributed by atoms with Crippen molar-refractivity contribution in [2.24, 2.45) is 0 Å². The highest BCUT2D eigenvalue weighted by molar-refractivity contribution is 5.79. The van der Waals surface area contributed by atoms with Gasteiger partial charge in [-0.05, 0) is 44.4 Å². The number of carbonyl (C=O) groups is 1. The molecule has 1 aromatic rings. The highest BCUT2D eigenvalue weighted by atomic mass is 16.7. The lowest BCUT2D eigenvalue weighted by Gasteiger charge is -2.16. The molecule has 0 aromatic heterocycles. The maximum atomic E-state index is 11.8. The van der Waals surface area contributed by atoms with Crippen molar-refractivity contribution in [1.29, 1.82) is 0 Å². The van der Waals surface area contributed by atoms with Gasteiger partial charge in [0.1, 0.15) is 5.75 Å². The normalized spacial score (nSPS) is 17.2. The summed E-state index contributed by atoms with van der Waals surface area (Å²) in [4.78, 5) is 17.2. The fourth-order valence-electron chi connectivity index (χ4n) is 2.18. The second-order valence-corrected chi connectivity index (χ2v) is 5.07. The molecule has 1 amide bonds. The maximum absolute atomic E-state index is 11.8. The van der Waals surface area contributed by atoms with E-state index in [1.807, 2.05) is 31.2 Å². The van der Waals surface area contributed by atoms with Gasteiger partial charge in [0.2, 0.25) is 0 Å². The molecule has 1 fully saturated rings. The van der Waals surface area contributed by atoms with Crippen LogP contribution in [0.15, 0.2) is 24.3 Å². The van der Waals surface area contributed by atoms with Crippen LogP contribution in [-0.2, 0) is 9.63 Å². The van der Waals surface area contributed by atoms with Crippen molar-refractivity contribution in [3.63, 3.8) is 0 Å². The smallest absolute Gasteiger partial charge is 0.284 e. The molecule has 1 N–H and O–H groups in total. The third kappa shape index (κ3) is 4.24. The summed E-state index contributed by atoms with van der Waals surface area (Å²) in [6, 6.07) is 7.64. The number of hydrogen-bond donors (Lipinski definition) is 1. The van der Waals surface area contributed by atoms with Crippen LogP contribution in [0.4, 0.5) is 0 Å². The van der Waals surface area contributed by atoms with Crippen LogP contribution in [0.3, 0.4) is 0 Å². The highest BCUT2D eigenvalue weighted by Gasteiger charge is 2.20. The molecule has 104 valence electrons. The topological polar surface area (TPSA) is 47.6 Å². The number of hydrogen-bond acceptors (Lipinski definition) is 3. The van der Waals surface area contributed by atoms with Gasteiger partial charge >= 0.3 is 0 Å². The first-order valence-corrected chi connectivity index (χ1v) is 6.84. The van der Waals surface area contributed by atoms with E-state index in [1.54, 1.807) is 6.92 Å². The molecule has 1 atom stereocenters. The van der Waals surface area contributed by atoms with Crippen LogP contribution in [-0.4, -0.2) is 18.1 Å². The van der Waals surface area contributed by atoms with Crippen molar-refractivity contribution in [2.75, 3.05) is 0 Å². The van der Waals surface area contributed by atoms with Crippen molar-refractivity contribution < 1.29 is 14.4 Å². The number of amides is 1. The minimum atomic E-state index is -0.566. The Bertz CT molecular complexity index is 427. The number of hydroxylamine groups is 1. The van der Waals surface area contributed by atoms with E-state index in [9.17, 15) is 4.79 Å². The Morgan fingerprint density at radius 1 is 1.37 bits per heavy atom. The first kappa shape index (κ1) is 13.9. The van der Waals surface area contributed by atoms with E-state index in [4.69, 9.17) is 9.57 Å². The lowest BCUT2D eigenvalue weighted by molar-refractivity contribution is -0.144. The fraction of sp³-hybridized carbons (Fsp3) is 0.533. The SMILES string of the molecule is Cc1cccc(OC(C)C(=O)NOC2CCCC2)c1. The van der Waals surface area contributed by atoms with Crippen molar-refractivity contribution in [2.45, 2.75) is 51.7 Å². The van der Waals surface area contributed by atoms with Crippen LogP contribution in [0.2, 0.25) is 0 Å². The molecular weight excluding hydrogens is 242 g/mol. The van der Waals surface area contributed by atoms with Crippen LogP contribution in [0.25, 0.3) is 0 Å². The van der Waals surface area contributed by atoms with E-state index in [0.717, 1.165) is 18.4 Å². The Morgan fingerprint density at radius 3 is 2.79 bits per heavy atom. The predicted octanol–water partition coefficient (Wildman–Crippen LogP) is 2.75. The number of carbonyl (C=O) groups excluding carboxylic acids is 1. The summed E-state index contributed by atoms with van der Waals surface area (Å²) in [6.07, 6.45) is 3.99. The number of ether oxygens (including phenoxy) is 1. The van der Waals surface area contributed by atoms with Gasteiger partial charge in [0.25, 0.3) is 5.91 Å². The van der Waals surface area contributed by atoms with Crippen LogP contribution in [0.1, 0.15) is 38.2 Å². The van der Waals surface area contributed by atoms with Gasteiger partial charge < -0.3 is 4.74 Å². The van der Waals surface area contributed by atoms with E-state index in [1.165, 1.54) is 12.8 Å². The molecular formula is C15H21NO3. The van der Waals surface area contributed by atoms with E-state index in [-0.39, 0.29) is 12.0 Å². The first-order chi connectivity index (χ1) is 9.15. The molecule has 0 bridgehead atoms. The standard InChI is InChI=1S/C15H21NO3/c1-11-6-5-9-14(10-11)18-12(2)15(17)16-19-13-7-3-4-8-13/h5-6,9-10,12-13H,3-4,7-8H2,1-2H3,(H,16,17). The fourth-order valence-corrected chi connectivity index (χ4v) is 2.18. The van der Waals surface area contributed by atoms with Crippen molar-refractivity contribution in [3.05, 3.63) is 29.8 Å². The van der Waals surface area contributed by atoms with E-state index in [0.29, 0.717) is 5.75 Å². The number of rotatable bonds is 5. The Labute approximate surface area is 114 Å². The van der Waals surface area contributed by atoms with Crippen molar-refractivity contribution >= 4 is 5.91 Å². The summed E-state index contributed by atoms with van der Waals surface area (Å²) >= 11 is 0. The minimum absolute atomic E-state index is 0.162. The van der Waals surface area contributed by atoms with E-state index in [2.05, 4.69) is 5.48 Å². The summed E-state index contributed by atoms with van der Waals surface area (Å²) in [7, 11) is 0. The number of aryl methyl sites for hydroxylation is 1. The quantitative estimate of drug-likeness (QED) is 0.831. The van der Waals surface area contributed by atoms with Crippen molar-refractivity contribution in [1.82, 2.24) is 5.48 Å². The summed E-state index contributed by atoms with van der Waals surface area (Å²) in [5.41, 5.74) is 3.60. The van der Waals surface area contributed by atoms with Gasteiger partial charge in [0, 0.05) is 0 Å². The summed E-state index contributed by atoms with van der Waals surface area (Å²) in [5, 5.41) is 0. The average Bonchev–Trinajstić information content (AvgIpc) is 2.89. The largest absolute Gasteiger partial charge is 0.481 e. The molecule has 0 aliphatic heterocycles. The van der Waals surface area contributed by atoms with Gasteiger partial charge in [-0.2, -0.15) is 0 Å². The third-order valence-corrected chi connectivity index (χ3v) is 3.30. The third-order valence-electron chi connectivity index (χ3n) is 3.30. The first-order valence-electron chi connectivity index (χ1n) is 6.84. The number of benzene rings is 1. The summed E-state index contributed by atoms with van der Waals surface area (Å²) in [5.74, 6) is 0.455. The number of nitrogens with one attached hydrogen (secondary N) is 1. The maximum Gasteiger partial charge on any atom is 0.284 e. The average molecular weight is 263 g/mol. The van der Waals surface area contributed by atoms with Gasteiger partial charge in [-0.25, -0.2) is 5.48 Å². The van der Waals surface area contributed by atoms with Gasteiger partial charge in [-0.3, -0.25) is 9.63 Å². The molecule has 1 unspecified atom stereocenters. The zero-order chi connectivity index (χ0) is 13.7. The Hall–Kier alpha value is -1.55. The molecule has 0 spiro atoms. The highest BCUT2D eigenvalue weighted by Crippen LogP contribution is 2.20. The van der Waals surface area contributed by atoms with E-state index < -0.39 is 6.10 Å². The van der Waals surface area contributed by atoms with Gasteiger partial charge in [0.05, 0.1) is 6.10 Å². The lowest BCUT2D eigenvalue weighted by Crippen LogP contribution is -2.38. The van der Waals surface area contributed by atoms with Gasteiger partial charge in [0.15, 0.2) is 6.10 Å². The second-order valence-electron chi connectivity index (χ2n) is 5.07.